The third kappa shape index (κ3) is 5.18. The number of hydrogen-bond acceptors (Lipinski definition) is 4. The second-order valence-electron chi connectivity index (χ2n) is 6.48. The molecule has 4 amide bonds. The Morgan fingerprint density at radius 1 is 1.27 bits per heavy atom. The molecule has 1 fully saturated rings. The van der Waals surface area contributed by atoms with Gasteiger partial charge in [-0.2, -0.15) is 0 Å². The van der Waals surface area contributed by atoms with Crippen LogP contribution in [0.1, 0.15) is 11.1 Å². The van der Waals surface area contributed by atoms with Crippen molar-refractivity contribution in [3.05, 3.63) is 62.9 Å². The first-order valence-corrected chi connectivity index (χ1v) is 10.0. The van der Waals surface area contributed by atoms with Gasteiger partial charge in [-0.25, -0.2) is 9.69 Å². The zero-order chi connectivity index (χ0) is 21.7. The number of ether oxygens (including phenoxy) is 1. The van der Waals surface area contributed by atoms with E-state index < -0.39 is 17.8 Å². The van der Waals surface area contributed by atoms with Crippen LogP contribution in [0.4, 0.5) is 10.5 Å². The topological polar surface area (TPSA) is 87.7 Å². The lowest BCUT2D eigenvalue weighted by Gasteiger charge is -2.12. The standard InChI is InChI=1S/C22H18IN3O4/c1-3-10-30-19-9-6-15(11-17(19)23)12-18-21(28)26(22(29)25-18)13-20(27)24-16-7-4-14(2)5-8-16/h1,4-9,11-12H,10,13H2,2H3,(H,24,27)(H,25,29)/b18-12+. The van der Waals surface area contributed by atoms with Gasteiger partial charge in [-0.15, -0.1) is 6.42 Å². The number of nitrogens with one attached hydrogen (secondary N) is 2. The maximum atomic E-state index is 12.6. The summed E-state index contributed by atoms with van der Waals surface area (Å²) >= 11 is 2.10. The summed E-state index contributed by atoms with van der Waals surface area (Å²) in [5, 5.41) is 5.18. The summed E-state index contributed by atoms with van der Waals surface area (Å²) in [5.41, 5.74) is 2.44. The van der Waals surface area contributed by atoms with Crippen molar-refractivity contribution >= 4 is 52.2 Å². The highest BCUT2D eigenvalue weighted by atomic mass is 127. The molecule has 2 aromatic rings. The van der Waals surface area contributed by atoms with Crippen LogP contribution < -0.4 is 15.4 Å². The van der Waals surface area contributed by atoms with Crippen LogP contribution >= 0.6 is 22.6 Å². The summed E-state index contributed by atoms with van der Waals surface area (Å²) in [6, 6.07) is 11.8. The van der Waals surface area contributed by atoms with E-state index in [2.05, 4.69) is 39.1 Å². The molecule has 0 aliphatic carbocycles. The number of benzene rings is 2. The van der Waals surface area contributed by atoms with Gasteiger partial charge in [0.2, 0.25) is 5.91 Å². The number of hydrogen-bond donors (Lipinski definition) is 2. The Balaban J connectivity index is 1.68. The van der Waals surface area contributed by atoms with Crippen LogP contribution in [0.2, 0.25) is 0 Å². The molecule has 0 unspecified atom stereocenters. The number of terminal acetylenes is 1. The van der Waals surface area contributed by atoms with Crippen LogP contribution in [0.15, 0.2) is 48.2 Å². The summed E-state index contributed by atoms with van der Waals surface area (Å²) in [7, 11) is 0. The van der Waals surface area contributed by atoms with Gasteiger partial charge in [0.1, 0.15) is 24.6 Å². The number of rotatable bonds is 6. The molecule has 2 aromatic carbocycles. The third-order valence-electron chi connectivity index (χ3n) is 4.18. The molecule has 8 heteroatoms. The fraction of sp³-hybridized carbons (Fsp3) is 0.136. The van der Waals surface area contributed by atoms with Crippen molar-refractivity contribution in [1.82, 2.24) is 10.2 Å². The number of aryl methyl sites for hydroxylation is 1. The minimum Gasteiger partial charge on any atom is -0.480 e. The van der Waals surface area contributed by atoms with E-state index >= 15 is 0 Å². The molecule has 0 radical (unpaired) electrons. The summed E-state index contributed by atoms with van der Waals surface area (Å²) in [6.45, 7) is 1.71. The molecule has 1 saturated heterocycles. The molecule has 0 atom stereocenters. The largest absolute Gasteiger partial charge is 0.480 e. The molecule has 1 heterocycles. The Bertz CT molecular complexity index is 1070. The van der Waals surface area contributed by atoms with E-state index in [1.54, 1.807) is 36.4 Å². The van der Waals surface area contributed by atoms with Crippen molar-refractivity contribution in [2.75, 3.05) is 18.5 Å². The molecule has 7 nitrogen and oxygen atoms in total. The van der Waals surface area contributed by atoms with Gasteiger partial charge in [-0.05, 0) is 65.4 Å². The van der Waals surface area contributed by atoms with Crippen LogP contribution in [0.5, 0.6) is 5.75 Å². The third-order valence-corrected chi connectivity index (χ3v) is 5.02. The van der Waals surface area contributed by atoms with Crippen molar-refractivity contribution in [2.24, 2.45) is 0 Å². The van der Waals surface area contributed by atoms with E-state index in [-0.39, 0.29) is 18.8 Å². The predicted molar refractivity (Wildman–Crippen MR) is 122 cm³/mol. The summed E-state index contributed by atoms with van der Waals surface area (Å²) in [5.74, 6) is 2.00. The van der Waals surface area contributed by atoms with Crippen molar-refractivity contribution in [3.8, 4) is 18.1 Å². The van der Waals surface area contributed by atoms with E-state index in [0.717, 1.165) is 14.0 Å². The number of nitrogens with zero attached hydrogens (tertiary/aromatic N) is 1. The second-order valence-corrected chi connectivity index (χ2v) is 7.64. The predicted octanol–water partition coefficient (Wildman–Crippen LogP) is 3.14. The van der Waals surface area contributed by atoms with E-state index in [9.17, 15) is 14.4 Å². The van der Waals surface area contributed by atoms with Crippen molar-refractivity contribution < 1.29 is 19.1 Å². The minimum atomic E-state index is -0.644. The highest BCUT2D eigenvalue weighted by molar-refractivity contribution is 14.1. The number of carbonyl (C=O) groups is 3. The van der Waals surface area contributed by atoms with Gasteiger partial charge in [0.25, 0.3) is 5.91 Å². The average Bonchev–Trinajstić information content (AvgIpc) is 2.96. The highest BCUT2D eigenvalue weighted by Crippen LogP contribution is 2.24. The molecular weight excluding hydrogens is 497 g/mol. The van der Waals surface area contributed by atoms with Gasteiger partial charge in [0.05, 0.1) is 3.57 Å². The number of urea groups is 1. The number of amides is 4. The van der Waals surface area contributed by atoms with E-state index in [1.807, 2.05) is 19.1 Å². The molecule has 152 valence electrons. The first-order valence-electron chi connectivity index (χ1n) is 8.94. The van der Waals surface area contributed by atoms with Gasteiger partial charge < -0.3 is 15.4 Å². The monoisotopic (exact) mass is 515 g/mol. The summed E-state index contributed by atoms with van der Waals surface area (Å²) < 4.78 is 6.22. The quantitative estimate of drug-likeness (QED) is 0.268. The molecular formula is C22H18IN3O4. The minimum absolute atomic E-state index is 0.0937. The summed E-state index contributed by atoms with van der Waals surface area (Å²) in [6.07, 6.45) is 6.74. The Kier molecular flexibility index (Phi) is 6.74. The zero-order valence-corrected chi connectivity index (χ0v) is 18.2. The smallest absolute Gasteiger partial charge is 0.329 e. The molecule has 1 aliphatic heterocycles. The molecule has 0 saturated carbocycles. The zero-order valence-electron chi connectivity index (χ0n) is 16.1. The van der Waals surface area contributed by atoms with Gasteiger partial charge in [0.15, 0.2) is 0 Å². The van der Waals surface area contributed by atoms with Gasteiger partial charge in [-0.1, -0.05) is 29.7 Å². The highest BCUT2D eigenvalue weighted by Gasteiger charge is 2.34. The lowest BCUT2D eigenvalue weighted by atomic mass is 10.2. The molecule has 0 aromatic heterocycles. The lowest BCUT2D eigenvalue weighted by Crippen LogP contribution is -2.38. The molecule has 0 spiro atoms. The molecule has 1 aliphatic rings. The van der Waals surface area contributed by atoms with E-state index in [4.69, 9.17) is 11.2 Å². The Labute approximate surface area is 187 Å². The molecule has 0 bridgehead atoms. The molecule has 3 rings (SSSR count). The fourth-order valence-electron chi connectivity index (χ4n) is 2.71. The van der Waals surface area contributed by atoms with Crippen LogP contribution in [0.25, 0.3) is 6.08 Å². The number of halogens is 1. The van der Waals surface area contributed by atoms with Crippen molar-refractivity contribution in [3.63, 3.8) is 0 Å². The maximum Gasteiger partial charge on any atom is 0.329 e. The molecule has 30 heavy (non-hydrogen) atoms. The Morgan fingerprint density at radius 2 is 2.00 bits per heavy atom. The van der Waals surface area contributed by atoms with Crippen LogP contribution in [0, 0.1) is 22.8 Å². The Morgan fingerprint density at radius 3 is 2.67 bits per heavy atom. The average molecular weight is 515 g/mol. The summed E-state index contributed by atoms with van der Waals surface area (Å²) in [4.78, 5) is 37.9. The first kappa shape index (κ1) is 21.4. The second kappa shape index (κ2) is 9.45. The van der Waals surface area contributed by atoms with Crippen molar-refractivity contribution in [2.45, 2.75) is 6.92 Å². The van der Waals surface area contributed by atoms with E-state index in [1.165, 1.54) is 0 Å². The van der Waals surface area contributed by atoms with Gasteiger partial charge >= 0.3 is 6.03 Å². The van der Waals surface area contributed by atoms with Crippen LogP contribution in [-0.2, 0) is 9.59 Å². The van der Waals surface area contributed by atoms with Crippen molar-refractivity contribution in [1.29, 1.82) is 0 Å². The van der Waals surface area contributed by atoms with E-state index in [0.29, 0.717) is 17.0 Å². The van der Waals surface area contributed by atoms with Gasteiger partial charge in [0, 0.05) is 5.69 Å². The lowest BCUT2D eigenvalue weighted by molar-refractivity contribution is -0.127. The fourth-order valence-corrected chi connectivity index (χ4v) is 3.40. The molecule has 2 N–H and O–H groups in total. The van der Waals surface area contributed by atoms with Crippen LogP contribution in [-0.4, -0.2) is 35.9 Å². The Hall–Kier alpha value is -3.32. The number of imide groups is 1. The SMILES string of the molecule is C#CCOc1ccc(/C=C2/NC(=O)N(CC(=O)Nc3ccc(C)cc3)C2=O)cc1I. The van der Waals surface area contributed by atoms with Crippen LogP contribution in [0.3, 0.4) is 0 Å². The number of carbonyl (C=O) groups excluding carboxylic acids is 3. The maximum absolute atomic E-state index is 12.6. The first-order chi connectivity index (χ1) is 14.4. The normalized spacial score (nSPS) is 14.4. The van der Waals surface area contributed by atoms with Gasteiger partial charge in [-0.3, -0.25) is 9.59 Å². The number of anilines is 1.